The molecule has 31 heavy (non-hydrogen) atoms. The third kappa shape index (κ3) is 5.70. The van der Waals surface area contributed by atoms with Gasteiger partial charge in [0, 0.05) is 17.0 Å². The van der Waals surface area contributed by atoms with Crippen LogP contribution in [0.1, 0.15) is 58.0 Å². The molecule has 1 atom stereocenters. The molecule has 1 heterocycles. The lowest BCUT2D eigenvalue weighted by Crippen LogP contribution is -2.37. The molecule has 0 saturated carbocycles. The van der Waals surface area contributed by atoms with E-state index in [-0.39, 0.29) is 17.8 Å². The van der Waals surface area contributed by atoms with E-state index in [2.05, 4.69) is 31.8 Å². The zero-order valence-corrected chi connectivity index (χ0v) is 19.6. The molecule has 1 aromatic heterocycles. The molecule has 4 nitrogen and oxygen atoms in total. The molecule has 0 saturated heterocycles. The summed E-state index contributed by atoms with van der Waals surface area (Å²) in [5.74, 6) is 0.405. The monoisotopic (exact) mass is 440 g/mol. The number of rotatable bonds is 8. The molecular formula is C25H29FN2O2S. The van der Waals surface area contributed by atoms with Crippen LogP contribution in [-0.4, -0.2) is 21.8 Å². The lowest BCUT2D eigenvalue weighted by Gasteiger charge is -2.28. The number of hydrogen-bond acceptors (Lipinski definition) is 4. The number of nitrogens with zero attached hydrogens (tertiary/aromatic N) is 2. The fraction of sp³-hybridized carbons (Fsp3) is 0.360. The summed E-state index contributed by atoms with van der Waals surface area (Å²) in [5.41, 5.74) is 4.82. The second-order valence-corrected chi connectivity index (χ2v) is 8.87. The van der Waals surface area contributed by atoms with Gasteiger partial charge in [-0.25, -0.2) is 9.37 Å². The van der Waals surface area contributed by atoms with Crippen LogP contribution < -0.4 is 4.74 Å². The van der Waals surface area contributed by atoms with Crippen LogP contribution in [0.15, 0.2) is 41.8 Å². The molecule has 2 aromatic carbocycles. The summed E-state index contributed by atoms with van der Waals surface area (Å²) in [4.78, 5) is 19.5. The van der Waals surface area contributed by atoms with E-state index in [4.69, 9.17) is 4.74 Å². The maximum absolute atomic E-state index is 13.2. The van der Waals surface area contributed by atoms with E-state index in [0.717, 1.165) is 28.4 Å². The van der Waals surface area contributed by atoms with Crippen molar-refractivity contribution in [3.63, 3.8) is 0 Å². The first-order valence-corrected chi connectivity index (χ1v) is 11.4. The van der Waals surface area contributed by atoms with E-state index in [1.807, 2.05) is 25.3 Å². The van der Waals surface area contributed by atoms with Gasteiger partial charge in [0.05, 0.1) is 12.2 Å². The van der Waals surface area contributed by atoms with Crippen molar-refractivity contribution in [3.05, 3.63) is 80.6 Å². The van der Waals surface area contributed by atoms with Crippen molar-refractivity contribution in [2.75, 3.05) is 0 Å². The number of aryl methyl sites for hydroxylation is 2. The van der Waals surface area contributed by atoms with Gasteiger partial charge in [0.1, 0.15) is 23.2 Å². The predicted molar refractivity (Wildman–Crippen MR) is 123 cm³/mol. The van der Waals surface area contributed by atoms with Crippen molar-refractivity contribution in [3.8, 4) is 5.75 Å². The highest BCUT2D eigenvalue weighted by Crippen LogP contribution is 2.25. The first kappa shape index (κ1) is 22.9. The summed E-state index contributed by atoms with van der Waals surface area (Å²) in [5, 5.41) is 2.84. The van der Waals surface area contributed by atoms with E-state index in [1.165, 1.54) is 46.7 Å². The number of benzene rings is 2. The average Bonchev–Trinajstić information content (AvgIpc) is 3.20. The van der Waals surface area contributed by atoms with Gasteiger partial charge in [-0.1, -0.05) is 13.0 Å². The summed E-state index contributed by atoms with van der Waals surface area (Å²) in [6.07, 6.45) is 0.818. The lowest BCUT2D eigenvalue weighted by atomic mass is 10.1. The smallest absolute Gasteiger partial charge is 0.254 e. The van der Waals surface area contributed by atoms with Crippen LogP contribution in [0.2, 0.25) is 0 Å². The molecule has 0 aliphatic heterocycles. The number of carbonyl (C=O) groups excluding carboxylic acids is 1. The first-order valence-electron chi connectivity index (χ1n) is 10.5. The van der Waals surface area contributed by atoms with E-state index in [1.54, 1.807) is 4.90 Å². The second-order valence-electron chi connectivity index (χ2n) is 7.92. The molecule has 0 aliphatic carbocycles. The fourth-order valence-corrected chi connectivity index (χ4v) is 4.06. The van der Waals surface area contributed by atoms with Gasteiger partial charge < -0.3 is 9.64 Å². The molecule has 0 aliphatic rings. The minimum Gasteiger partial charge on any atom is -0.486 e. The van der Waals surface area contributed by atoms with E-state index >= 15 is 0 Å². The summed E-state index contributed by atoms with van der Waals surface area (Å²) in [7, 11) is 0. The van der Waals surface area contributed by atoms with Crippen LogP contribution in [0, 0.1) is 26.6 Å². The molecule has 3 rings (SSSR count). The number of ether oxygens (including phenoxy) is 1. The maximum Gasteiger partial charge on any atom is 0.254 e. The molecule has 0 fully saturated rings. The summed E-state index contributed by atoms with van der Waals surface area (Å²) >= 11 is 1.53. The minimum absolute atomic E-state index is 0.0388. The summed E-state index contributed by atoms with van der Waals surface area (Å²) < 4.78 is 19.3. The Balaban J connectivity index is 1.71. The van der Waals surface area contributed by atoms with Crippen LogP contribution in [0.5, 0.6) is 5.75 Å². The van der Waals surface area contributed by atoms with Crippen LogP contribution in [-0.2, 0) is 13.2 Å². The highest BCUT2D eigenvalue weighted by molar-refractivity contribution is 7.09. The Morgan fingerprint density at radius 1 is 1.19 bits per heavy atom. The molecule has 1 amide bonds. The van der Waals surface area contributed by atoms with Gasteiger partial charge in [0.15, 0.2) is 0 Å². The molecule has 6 heteroatoms. The molecule has 0 radical (unpaired) electrons. The van der Waals surface area contributed by atoms with Crippen molar-refractivity contribution < 1.29 is 13.9 Å². The highest BCUT2D eigenvalue weighted by Gasteiger charge is 2.22. The molecule has 3 aromatic rings. The third-order valence-electron chi connectivity index (χ3n) is 5.52. The van der Waals surface area contributed by atoms with Gasteiger partial charge in [0.25, 0.3) is 5.91 Å². The average molecular weight is 441 g/mol. The Kier molecular flexibility index (Phi) is 7.44. The van der Waals surface area contributed by atoms with E-state index in [0.29, 0.717) is 18.7 Å². The molecular weight excluding hydrogens is 411 g/mol. The highest BCUT2D eigenvalue weighted by atomic mass is 32.1. The largest absolute Gasteiger partial charge is 0.486 e. The number of carbonyl (C=O) groups is 1. The number of hydrogen-bond donors (Lipinski definition) is 0. The first-order chi connectivity index (χ1) is 14.8. The van der Waals surface area contributed by atoms with Crippen molar-refractivity contribution >= 4 is 17.2 Å². The van der Waals surface area contributed by atoms with Crippen LogP contribution in [0.25, 0.3) is 0 Å². The Hall–Kier alpha value is -2.73. The predicted octanol–water partition coefficient (Wildman–Crippen LogP) is 6.23. The topological polar surface area (TPSA) is 42.4 Å². The number of halogens is 1. The standard InChI is InChI=1S/C25H29FN2O2S/c1-6-18(4)28(25(29)20-7-9-21(26)10-8-20)13-22-15-31-24(27-22)14-30-23-12-16(2)11-17(3)19(23)5/h7-12,15,18H,6,13-14H2,1-5H3. The maximum atomic E-state index is 13.2. The van der Waals surface area contributed by atoms with Crippen molar-refractivity contribution in [1.29, 1.82) is 0 Å². The van der Waals surface area contributed by atoms with Crippen molar-refractivity contribution in [1.82, 2.24) is 9.88 Å². The normalized spacial score (nSPS) is 11.9. The van der Waals surface area contributed by atoms with Crippen LogP contribution >= 0.6 is 11.3 Å². The van der Waals surface area contributed by atoms with Crippen molar-refractivity contribution in [2.24, 2.45) is 0 Å². The van der Waals surface area contributed by atoms with Gasteiger partial charge in [-0.05, 0) is 81.1 Å². The Bertz CT molecular complexity index is 1050. The lowest BCUT2D eigenvalue weighted by molar-refractivity contribution is 0.0669. The second kappa shape index (κ2) is 10.1. The Labute approximate surface area is 187 Å². The zero-order chi connectivity index (χ0) is 22.5. The molecule has 0 bridgehead atoms. The van der Waals surface area contributed by atoms with Gasteiger partial charge in [0.2, 0.25) is 0 Å². The third-order valence-corrected chi connectivity index (χ3v) is 6.39. The van der Waals surface area contributed by atoms with Gasteiger partial charge >= 0.3 is 0 Å². The van der Waals surface area contributed by atoms with Gasteiger partial charge in [-0.2, -0.15) is 0 Å². The van der Waals surface area contributed by atoms with Crippen molar-refractivity contribution in [2.45, 2.75) is 60.2 Å². The molecule has 1 unspecified atom stereocenters. The number of amides is 1. The molecule has 0 spiro atoms. The SMILES string of the molecule is CCC(C)N(Cc1csc(COc2cc(C)cc(C)c2C)n1)C(=O)c1ccc(F)cc1. The Morgan fingerprint density at radius 3 is 2.58 bits per heavy atom. The number of aromatic nitrogens is 1. The summed E-state index contributed by atoms with van der Waals surface area (Å²) in [6.45, 7) is 11.1. The fourth-order valence-electron chi connectivity index (χ4n) is 3.36. The molecule has 164 valence electrons. The Morgan fingerprint density at radius 2 is 1.90 bits per heavy atom. The van der Waals surface area contributed by atoms with Gasteiger partial charge in [-0.15, -0.1) is 11.3 Å². The van der Waals surface area contributed by atoms with Gasteiger partial charge in [-0.3, -0.25) is 4.79 Å². The zero-order valence-electron chi connectivity index (χ0n) is 18.7. The summed E-state index contributed by atoms with van der Waals surface area (Å²) in [6, 6.07) is 9.91. The number of thiazole rings is 1. The van der Waals surface area contributed by atoms with E-state index < -0.39 is 0 Å². The quantitative estimate of drug-likeness (QED) is 0.417. The van der Waals surface area contributed by atoms with E-state index in [9.17, 15) is 9.18 Å². The minimum atomic E-state index is -0.352. The van der Waals surface area contributed by atoms with Crippen LogP contribution in [0.4, 0.5) is 4.39 Å². The van der Waals surface area contributed by atoms with Crippen LogP contribution in [0.3, 0.4) is 0 Å². The molecule has 0 N–H and O–H groups in total.